The highest BCUT2D eigenvalue weighted by Crippen LogP contribution is 2.22. The van der Waals surface area contributed by atoms with E-state index in [4.69, 9.17) is 27.9 Å². The van der Waals surface area contributed by atoms with Gasteiger partial charge in [-0.05, 0) is 67.3 Å². The van der Waals surface area contributed by atoms with E-state index >= 15 is 0 Å². The van der Waals surface area contributed by atoms with Crippen LogP contribution >= 0.6 is 23.2 Å². The molecule has 0 fully saturated rings. The van der Waals surface area contributed by atoms with Crippen LogP contribution in [0.15, 0.2) is 72.8 Å². The molecule has 0 spiro atoms. The first-order chi connectivity index (χ1) is 17.3. The second kappa shape index (κ2) is 13.3. The maximum Gasteiger partial charge on any atom is 0.261 e. The highest BCUT2D eigenvalue weighted by atomic mass is 35.5. The van der Waals surface area contributed by atoms with Crippen molar-refractivity contribution in [1.29, 1.82) is 0 Å². The first kappa shape index (κ1) is 27.6. The molecule has 0 aromatic heterocycles. The van der Waals surface area contributed by atoms with Crippen molar-refractivity contribution in [2.75, 3.05) is 6.61 Å². The fraction of sp³-hybridized carbons (Fsp3) is 0.310. The summed E-state index contributed by atoms with van der Waals surface area (Å²) < 4.78 is 5.82. The van der Waals surface area contributed by atoms with E-state index in [-0.39, 0.29) is 31.0 Å². The number of carbonyl (C=O) groups is 2. The summed E-state index contributed by atoms with van der Waals surface area (Å²) in [6, 6.07) is 21.5. The standard InChI is InChI=1S/C29H32Cl2N2O3/c1-4-21(3)32-29(35)27(17-22-8-6-5-7-9-22)33(18-23-10-12-24(30)13-11-23)28(34)19-36-25-14-15-26(31)20(2)16-25/h5-16,21,27H,4,17-19H2,1-3H3,(H,32,35)/t21-,27-/m1/s1. The number of aryl methyl sites for hydroxylation is 1. The number of nitrogens with zero attached hydrogens (tertiary/aromatic N) is 1. The van der Waals surface area contributed by atoms with E-state index in [1.165, 1.54) is 0 Å². The second-order valence-corrected chi connectivity index (χ2v) is 9.71. The number of ether oxygens (including phenoxy) is 1. The van der Waals surface area contributed by atoms with E-state index in [9.17, 15) is 9.59 Å². The molecule has 2 atom stereocenters. The lowest BCUT2D eigenvalue weighted by Crippen LogP contribution is -2.53. The third-order valence-electron chi connectivity index (χ3n) is 6.03. The number of hydrogen-bond donors (Lipinski definition) is 1. The molecule has 3 aromatic rings. The van der Waals surface area contributed by atoms with Gasteiger partial charge >= 0.3 is 0 Å². The molecule has 0 radical (unpaired) electrons. The summed E-state index contributed by atoms with van der Waals surface area (Å²) in [6.07, 6.45) is 1.16. The van der Waals surface area contributed by atoms with Gasteiger partial charge in [0.05, 0.1) is 0 Å². The number of benzene rings is 3. The number of halogens is 2. The first-order valence-corrected chi connectivity index (χ1v) is 12.8. The predicted octanol–water partition coefficient (Wildman–Crippen LogP) is 6.24. The third-order valence-corrected chi connectivity index (χ3v) is 6.71. The van der Waals surface area contributed by atoms with Gasteiger partial charge in [-0.2, -0.15) is 0 Å². The topological polar surface area (TPSA) is 58.6 Å². The summed E-state index contributed by atoms with van der Waals surface area (Å²) in [6.45, 7) is 5.87. The van der Waals surface area contributed by atoms with E-state index in [1.807, 2.05) is 63.2 Å². The summed E-state index contributed by atoms with van der Waals surface area (Å²) in [4.78, 5) is 28.7. The molecule has 0 heterocycles. The fourth-order valence-electron chi connectivity index (χ4n) is 3.72. The molecule has 3 rings (SSSR count). The number of hydrogen-bond acceptors (Lipinski definition) is 3. The van der Waals surface area contributed by atoms with Gasteiger partial charge in [-0.1, -0.05) is 72.6 Å². The summed E-state index contributed by atoms with van der Waals surface area (Å²) in [5, 5.41) is 4.29. The summed E-state index contributed by atoms with van der Waals surface area (Å²) in [5.74, 6) is 0.0519. The van der Waals surface area contributed by atoms with Crippen molar-refractivity contribution < 1.29 is 14.3 Å². The maximum atomic E-state index is 13.6. The molecule has 0 unspecified atom stereocenters. The van der Waals surface area contributed by atoms with Crippen molar-refractivity contribution in [1.82, 2.24) is 10.2 Å². The molecule has 7 heteroatoms. The van der Waals surface area contributed by atoms with Gasteiger partial charge in [0.1, 0.15) is 11.8 Å². The maximum absolute atomic E-state index is 13.6. The second-order valence-electron chi connectivity index (χ2n) is 8.87. The van der Waals surface area contributed by atoms with Crippen molar-refractivity contribution in [2.45, 2.75) is 52.2 Å². The molecule has 0 aliphatic rings. The van der Waals surface area contributed by atoms with Crippen LogP contribution in [0, 0.1) is 6.92 Å². The molecule has 0 bridgehead atoms. The Balaban J connectivity index is 1.90. The number of carbonyl (C=O) groups excluding carboxylic acids is 2. The highest BCUT2D eigenvalue weighted by molar-refractivity contribution is 6.31. The molecule has 5 nitrogen and oxygen atoms in total. The van der Waals surface area contributed by atoms with Gasteiger partial charge in [0, 0.05) is 29.1 Å². The molecule has 2 amide bonds. The zero-order valence-electron chi connectivity index (χ0n) is 20.8. The number of rotatable bonds is 11. The van der Waals surface area contributed by atoms with Crippen molar-refractivity contribution in [3.8, 4) is 5.75 Å². The largest absolute Gasteiger partial charge is 0.484 e. The summed E-state index contributed by atoms with van der Waals surface area (Å²) >= 11 is 12.2. The molecule has 190 valence electrons. The van der Waals surface area contributed by atoms with Crippen LogP contribution in [0.3, 0.4) is 0 Å². The van der Waals surface area contributed by atoms with Gasteiger partial charge in [-0.15, -0.1) is 0 Å². The van der Waals surface area contributed by atoms with Crippen molar-refractivity contribution in [3.63, 3.8) is 0 Å². The van der Waals surface area contributed by atoms with Gasteiger partial charge in [0.25, 0.3) is 5.91 Å². The summed E-state index contributed by atoms with van der Waals surface area (Å²) in [5.41, 5.74) is 2.68. The number of amides is 2. The Morgan fingerprint density at radius 3 is 2.31 bits per heavy atom. The van der Waals surface area contributed by atoms with Crippen molar-refractivity contribution in [3.05, 3.63) is 99.5 Å². The van der Waals surface area contributed by atoms with Crippen LogP contribution in [0.4, 0.5) is 0 Å². The van der Waals surface area contributed by atoms with E-state index in [2.05, 4.69) is 5.32 Å². The molecule has 0 aliphatic carbocycles. The van der Waals surface area contributed by atoms with E-state index < -0.39 is 6.04 Å². The Morgan fingerprint density at radius 1 is 0.972 bits per heavy atom. The Morgan fingerprint density at radius 2 is 1.67 bits per heavy atom. The minimum Gasteiger partial charge on any atom is -0.484 e. The summed E-state index contributed by atoms with van der Waals surface area (Å²) in [7, 11) is 0. The average Bonchev–Trinajstić information content (AvgIpc) is 2.88. The first-order valence-electron chi connectivity index (χ1n) is 12.0. The molecule has 0 aliphatic heterocycles. The smallest absolute Gasteiger partial charge is 0.261 e. The molecule has 0 saturated heterocycles. The van der Waals surface area contributed by atoms with Crippen molar-refractivity contribution >= 4 is 35.0 Å². The van der Waals surface area contributed by atoms with Gasteiger partial charge < -0.3 is 15.0 Å². The molecule has 1 N–H and O–H groups in total. The van der Waals surface area contributed by atoms with Crippen LogP contribution in [-0.4, -0.2) is 35.4 Å². The molecule has 36 heavy (non-hydrogen) atoms. The van der Waals surface area contributed by atoms with Gasteiger partial charge in [-0.3, -0.25) is 9.59 Å². The van der Waals surface area contributed by atoms with Crippen LogP contribution in [-0.2, 0) is 22.6 Å². The quantitative estimate of drug-likeness (QED) is 0.322. The lowest BCUT2D eigenvalue weighted by molar-refractivity contribution is -0.143. The fourth-order valence-corrected chi connectivity index (χ4v) is 3.96. The van der Waals surface area contributed by atoms with Crippen LogP contribution in [0.2, 0.25) is 10.0 Å². The Hall–Kier alpha value is -3.02. The molecule has 0 saturated carbocycles. The minimum atomic E-state index is -0.722. The van der Waals surface area contributed by atoms with Crippen LogP contribution < -0.4 is 10.1 Å². The third kappa shape index (κ3) is 8.00. The normalized spacial score (nSPS) is 12.5. The van der Waals surface area contributed by atoms with Crippen LogP contribution in [0.1, 0.15) is 37.0 Å². The van der Waals surface area contributed by atoms with E-state index in [0.29, 0.717) is 22.2 Å². The van der Waals surface area contributed by atoms with Crippen LogP contribution in [0.25, 0.3) is 0 Å². The van der Waals surface area contributed by atoms with E-state index in [0.717, 1.165) is 23.1 Å². The Labute approximate surface area is 223 Å². The monoisotopic (exact) mass is 526 g/mol. The van der Waals surface area contributed by atoms with Gasteiger partial charge in [0.15, 0.2) is 6.61 Å². The van der Waals surface area contributed by atoms with Gasteiger partial charge in [0.2, 0.25) is 5.91 Å². The lowest BCUT2D eigenvalue weighted by Gasteiger charge is -2.32. The highest BCUT2D eigenvalue weighted by Gasteiger charge is 2.31. The zero-order chi connectivity index (χ0) is 26.1. The minimum absolute atomic E-state index is 0.0171. The van der Waals surface area contributed by atoms with Gasteiger partial charge in [-0.25, -0.2) is 0 Å². The molecule has 3 aromatic carbocycles. The molecular weight excluding hydrogens is 495 g/mol. The van der Waals surface area contributed by atoms with E-state index in [1.54, 1.807) is 35.2 Å². The average molecular weight is 527 g/mol. The zero-order valence-corrected chi connectivity index (χ0v) is 22.4. The van der Waals surface area contributed by atoms with Crippen molar-refractivity contribution in [2.24, 2.45) is 0 Å². The Bertz CT molecular complexity index is 1150. The predicted molar refractivity (Wildman–Crippen MR) is 146 cm³/mol. The molecular formula is C29H32Cl2N2O3. The lowest BCUT2D eigenvalue weighted by atomic mass is 10.0. The number of nitrogens with one attached hydrogen (secondary N) is 1. The SMILES string of the molecule is CC[C@@H](C)NC(=O)[C@@H](Cc1ccccc1)N(Cc1ccc(Cl)cc1)C(=O)COc1ccc(Cl)c(C)c1. The Kier molecular flexibility index (Phi) is 10.2. The van der Waals surface area contributed by atoms with Crippen LogP contribution in [0.5, 0.6) is 5.75 Å².